The minimum atomic E-state index is 1.06. The molecule has 1 aromatic heterocycles. The van der Waals surface area contributed by atoms with E-state index in [1.165, 1.54) is 27.5 Å². The van der Waals surface area contributed by atoms with Crippen molar-refractivity contribution in [3.63, 3.8) is 0 Å². The van der Waals surface area contributed by atoms with E-state index in [9.17, 15) is 0 Å². The van der Waals surface area contributed by atoms with Crippen molar-refractivity contribution in [2.24, 2.45) is 0 Å². The van der Waals surface area contributed by atoms with E-state index in [-0.39, 0.29) is 0 Å². The standard InChI is InChI=1S/C15H20N2/c1-6-12-7-8-13-9-16-15(17(4)5)11(3)14(13)10(12)2/h7-9H,6H2,1-5H3. The van der Waals surface area contributed by atoms with Crippen LogP contribution in [0.5, 0.6) is 0 Å². The number of nitrogens with zero attached hydrogens (tertiary/aromatic N) is 2. The van der Waals surface area contributed by atoms with Gasteiger partial charge in [0.2, 0.25) is 0 Å². The first-order valence-electron chi connectivity index (χ1n) is 6.11. The molecule has 0 saturated heterocycles. The highest BCUT2D eigenvalue weighted by Crippen LogP contribution is 2.29. The second-order valence-corrected chi connectivity index (χ2v) is 4.77. The molecule has 1 heterocycles. The van der Waals surface area contributed by atoms with E-state index < -0.39 is 0 Å². The van der Waals surface area contributed by atoms with Gasteiger partial charge in [-0.05, 0) is 42.3 Å². The molecule has 0 radical (unpaired) electrons. The quantitative estimate of drug-likeness (QED) is 0.782. The van der Waals surface area contributed by atoms with E-state index >= 15 is 0 Å². The van der Waals surface area contributed by atoms with Crippen LogP contribution in [0.25, 0.3) is 10.8 Å². The summed E-state index contributed by atoms with van der Waals surface area (Å²) in [6, 6.07) is 4.40. The molecule has 90 valence electrons. The number of pyridine rings is 1. The zero-order chi connectivity index (χ0) is 12.6. The summed E-state index contributed by atoms with van der Waals surface area (Å²) < 4.78 is 0. The van der Waals surface area contributed by atoms with E-state index in [0.717, 1.165) is 12.2 Å². The van der Waals surface area contributed by atoms with E-state index in [2.05, 4.69) is 42.8 Å². The van der Waals surface area contributed by atoms with Crippen LogP contribution in [0.3, 0.4) is 0 Å². The highest BCUT2D eigenvalue weighted by Gasteiger charge is 2.10. The minimum Gasteiger partial charge on any atom is -0.363 e. The number of aromatic nitrogens is 1. The van der Waals surface area contributed by atoms with Gasteiger partial charge in [0.05, 0.1) is 0 Å². The first-order chi connectivity index (χ1) is 8.06. The summed E-state index contributed by atoms with van der Waals surface area (Å²) in [6.07, 6.45) is 3.06. The fraction of sp³-hybridized carbons (Fsp3) is 0.400. The Morgan fingerprint density at radius 3 is 2.41 bits per heavy atom. The molecule has 0 fully saturated rings. The molecule has 0 saturated carbocycles. The number of benzene rings is 1. The zero-order valence-electron chi connectivity index (χ0n) is 11.3. The van der Waals surface area contributed by atoms with Crippen molar-refractivity contribution < 1.29 is 0 Å². The van der Waals surface area contributed by atoms with E-state index in [1.54, 1.807) is 0 Å². The highest BCUT2D eigenvalue weighted by molar-refractivity contribution is 5.91. The van der Waals surface area contributed by atoms with Gasteiger partial charge < -0.3 is 4.90 Å². The van der Waals surface area contributed by atoms with Crippen LogP contribution in [0.2, 0.25) is 0 Å². The number of fused-ring (bicyclic) bond motifs is 1. The van der Waals surface area contributed by atoms with Crippen molar-refractivity contribution in [2.75, 3.05) is 19.0 Å². The third-order valence-corrected chi connectivity index (χ3v) is 3.45. The van der Waals surface area contributed by atoms with Gasteiger partial charge in [0.25, 0.3) is 0 Å². The maximum absolute atomic E-state index is 4.53. The fourth-order valence-electron chi connectivity index (χ4n) is 2.55. The van der Waals surface area contributed by atoms with Crippen LogP contribution >= 0.6 is 0 Å². The van der Waals surface area contributed by atoms with Crippen molar-refractivity contribution in [1.82, 2.24) is 4.98 Å². The van der Waals surface area contributed by atoms with Crippen LogP contribution in [0, 0.1) is 13.8 Å². The zero-order valence-corrected chi connectivity index (χ0v) is 11.3. The Hall–Kier alpha value is -1.57. The lowest BCUT2D eigenvalue weighted by Crippen LogP contribution is -2.12. The van der Waals surface area contributed by atoms with Gasteiger partial charge in [-0.15, -0.1) is 0 Å². The summed E-state index contributed by atoms with van der Waals surface area (Å²) in [7, 11) is 4.08. The lowest BCUT2D eigenvalue weighted by atomic mass is 9.96. The van der Waals surface area contributed by atoms with Crippen LogP contribution in [0.1, 0.15) is 23.6 Å². The summed E-state index contributed by atoms with van der Waals surface area (Å²) in [6.45, 7) is 6.59. The maximum atomic E-state index is 4.53. The largest absolute Gasteiger partial charge is 0.363 e. The van der Waals surface area contributed by atoms with Crippen molar-refractivity contribution >= 4 is 16.6 Å². The lowest BCUT2D eigenvalue weighted by molar-refractivity contribution is 1.05. The van der Waals surface area contributed by atoms with Crippen LogP contribution in [0.4, 0.5) is 5.82 Å². The SMILES string of the molecule is CCc1ccc2cnc(N(C)C)c(C)c2c1C. The van der Waals surface area contributed by atoms with Gasteiger partial charge in [-0.1, -0.05) is 19.1 Å². The Morgan fingerprint density at radius 1 is 1.12 bits per heavy atom. The second-order valence-electron chi connectivity index (χ2n) is 4.77. The van der Waals surface area contributed by atoms with Gasteiger partial charge in [0.15, 0.2) is 0 Å². The van der Waals surface area contributed by atoms with Crippen LogP contribution in [-0.4, -0.2) is 19.1 Å². The Balaban J connectivity index is 2.82. The molecular weight excluding hydrogens is 208 g/mol. The average molecular weight is 228 g/mol. The third kappa shape index (κ3) is 1.88. The van der Waals surface area contributed by atoms with Crippen LogP contribution in [0.15, 0.2) is 18.3 Å². The van der Waals surface area contributed by atoms with Gasteiger partial charge in [0.1, 0.15) is 5.82 Å². The van der Waals surface area contributed by atoms with Gasteiger partial charge in [0, 0.05) is 25.7 Å². The summed E-state index contributed by atoms with van der Waals surface area (Å²) in [5, 5.41) is 2.60. The van der Waals surface area contributed by atoms with Crippen molar-refractivity contribution in [3.8, 4) is 0 Å². The van der Waals surface area contributed by atoms with Crippen molar-refractivity contribution in [3.05, 3.63) is 35.0 Å². The van der Waals surface area contributed by atoms with Gasteiger partial charge in [-0.2, -0.15) is 0 Å². The monoisotopic (exact) mass is 228 g/mol. The van der Waals surface area contributed by atoms with E-state index in [0.29, 0.717) is 0 Å². The molecule has 1 aromatic carbocycles. The lowest BCUT2D eigenvalue weighted by Gasteiger charge is -2.18. The topological polar surface area (TPSA) is 16.1 Å². The average Bonchev–Trinajstić information content (AvgIpc) is 2.29. The van der Waals surface area contributed by atoms with E-state index in [1.807, 2.05) is 20.3 Å². The minimum absolute atomic E-state index is 1.06. The first-order valence-corrected chi connectivity index (χ1v) is 6.11. The molecule has 17 heavy (non-hydrogen) atoms. The smallest absolute Gasteiger partial charge is 0.131 e. The predicted octanol–water partition coefficient (Wildman–Crippen LogP) is 3.48. The fourth-order valence-corrected chi connectivity index (χ4v) is 2.55. The van der Waals surface area contributed by atoms with Gasteiger partial charge in [-0.3, -0.25) is 0 Å². The molecule has 0 aliphatic heterocycles. The molecule has 0 aliphatic carbocycles. The van der Waals surface area contributed by atoms with Crippen molar-refractivity contribution in [1.29, 1.82) is 0 Å². The molecule has 0 atom stereocenters. The molecule has 0 bridgehead atoms. The molecule has 2 rings (SSSR count). The molecule has 0 aliphatic rings. The molecular formula is C15H20N2. The van der Waals surface area contributed by atoms with E-state index in [4.69, 9.17) is 0 Å². The molecule has 0 spiro atoms. The predicted molar refractivity (Wildman–Crippen MR) is 74.9 cm³/mol. The maximum Gasteiger partial charge on any atom is 0.131 e. The number of hydrogen-bond donors (Lipinski definition) is 0. The molecule has 0 unspecified atom stereocenters. The Labute approximate surface area is 103 Å². The molecule has 2 nitrogen and oxygen atoms in total. The molecule has 0 N–H and O–H groups in total. The summed E-state index contributed by atoms with van der Waals surface area (Å²) in [5.41, 5.74) is 4.10. The number of rotatable bonds is 2. The van der Waals surface area contributed by atoms with Gasteiger partial charge in [-0.25, -0.2) is 4.98 Å². The third-order valence-electron chi connectivity index (χ3n) is 3.45. The highest BCUT2D eigenvalue weighted by atomic mass is 15.1. The molecule has 2 heteroatoms. The number of anilines is 1. The Morgan fingerprint density at radius 2 is 1.82 bits per heavy atom. The number of hydrogen-bond acceptors (Lipinski definition) is 2. The van der Waals surface area contributed by atoms with Crippen LogP contribution < -0.4 is 4.90 Å². The summed E-state index contributed by atoms with van der Waals surface area (Å²) in [4.78, 5) is 6.60. The summed E-state index contributed by atoms with van der Waals surface area (Å²) in [5.74, 6) is 1.06. The molecule has 0 amide bonds. The Kier molecular flexibility index (Phi) is 3.05. The normalized spacial score (nSPS) is 10.9. The first kappa shape index (κ1) is 11.9. The second kappa shape index (κ2) is 4.36. The molecule has 2 aromatic rings. The Bertz CT molecular complexity index is 556. The van der Waals surface area contributed by atoms with Crippen LogP contribution in [-0.2, 0) is 6.42 Å². The number of aryl methyl sites for hydroxylation is 3. The van der Waals surface area contributed by atoms with Gasteiger partial charge >= 0.3 is 0 Å². The van der Waals surface area contributed by atoms with Crippen molar-refractivity contribution in [2.45, 2.75) is 27.2 Å². The summed E-state index contributed by atoms with van der Waals surface area (Å²) >= 11 is 0.